The molecule has 0 aliphatic carbocycles. The topological polar surface area (TPSA) is 47.9 Å². The monoisotopic (exact) mass is 418 g/mol. The number of hydrogen-bond donors (Lipinski definition) is 1. The van der Waals surface area contributed by atoms with Crippen molar-refractivity contribution < 1.29 is 4.79 Å². The molecule has 0 atom stereocenters. The van der Waals surface area contributed by atoms with Crippen molar-refractivity contribution in [3.8, 4) is 0 Å². The number of halogens is 2. The van der Waals surface area contributed by atoms with E-state index in [4.69, 9.17) is 23.2 Å². The lowest BCUT2D eigenvalue weighted by molar-refractivity contribution is -0.122. The summed E-state index contributed by atoms with van der Waals surface area (Å²) in [6, 6.07) is 15.3. The van der Waals surface area contributed by atoms with Crippen LogP contribution in [0.1, 0.15) is 18.1 Å². The first-order valence-corrected chi connectivity index (χ1v) is 10.0. The molecule has 2 aromatic rings. The molecule has 148 valence electrons. The van der Waals surface area contributed by atoms with Gasteiger partial charge >= 0.3 is 0 Å². The van der Waals surface area contributed by atoms with Crippen LogP contribution in [0.2, 0.25) is 10.0 Å². The van der Waals surface area contributed by atoms with Crippen LogP contribution in [0.15, 0.2) is 53.6 Å². The highest BCUT2D eigenvalue weighted by Gasteiger charge is 2.19. The Morgan fingerprint density at radius 1 is 1.00 bits per heavy atom. The number of benzene rings is 2. The largest absolute Gasteiger partial charge is 0.296 e. The molecule has 3 rings (SSSR count). The average molecular weight is 419 g/mol. The van der Waals surface area contributed by atoms with Gasteiger partial charge in [-0.1, -0.05) is 53.5 Å². The van der Waals surface area contributed by atoms with Crippen LogP contribution in [0, 0.1) is 0 Å². The molecule has 0 spiro atoms. The van der Waals surface area contributed by atoms with E-state index in [0.717, 1.165) is 54.6 Å². The SMILES string of the molecule is CC(=NNC(=O)CN1CCN(Cc2ccccc2Cl)CC1)c1ccc(Cl)cc1. The average Bonchev–Trinajstić information content (AvgIpc) is 2.70. The third-order valence-electron chi connectivity index (χ3n) is 4.79. The Morgan fingerprint density at radius 2 is 1.64 bits per heavy atom. The van der Waals surface area contributed by atoms with Gasteiger partial charge in [-0.3, -0.25) is 14.6 Å². The molecule has 0 saturated carbocycles. The molecule has 1 saturated heterocycles. The Labute approximate surface area is 175 Å². The van der Waals surface area contributed by atoms with Crippen LogP contribution >= 0.6 is 23.2 Å². The number of amides is 1. The van der Waals surface area contributed by atoms with Gasteiger partial charge in [0.25, 0.3) is 5.91 Å². The third kappa shape index (κ3) is 6.04. The molecule has 1 fully saturated rings. The summed E-state index contributed by atoms with van der Waals surface area (Å²) >= 11 is 12.1. The lowest BCUT2D eigenvalue weighted by Crippen LogP contribution is -2.48. The zero-order valence-corrected chi connectivity index (χ0v) is 17.4. The van der Waals surface area contributed by atoms with Gasteiger partial charge in [0.05, 0.1) is 12.3 Å². The summed E-state index contributed by atoms with van der Waals surface area (Å²) in [5, 5.41) is 5.67. The van der Waals surface area contributed by atoms with Gasteiger partial charge < -0.3 is 0 Å². The van der Waals surface area contributed by atoms with Gasteiger partial charge in [0.2, 0.25) is 0 Å². The lowest BCUT2D eigenvalue weighted by Gasteiger charge is -2.34. The van der Waals surface area contributed by atoms with E-state index in [2.05, 4.69) is 26.4 Å². The molecule has 1 aliphatic heterocycles. The molecule has 0 unspecified atom stereocenters. The number of nitrogens with zero attached hydrogens (tertiary/aromatic N) is 3. The zero-order chi connectivity index (χ0) is 19.9. The van der Waals surface area contributed by atoms with Crippen molar-refractivity contribution in [3.05, 3.63) is 69.7 Å². The second-order valence-electron chi connectivity index (χ2n) is 6.88. The van der Waals surface area contributed by atoms with Crippen molar-refractivity contribution >= 4 is 34.8 Å². The van der Waals surface area contributed by atoms with Gasteiger partial charge in [0.1, 0.15) is 0 Å². The Bertz CT molecular complexity index is 831. The zero-order valence-electron chi connectivity index (χ0n) is 15.9. The first-order valence-electron chi connectivity index (χ1n) is 9.28. The maximum atomic E-state index is 12.2. The summed E-state index contributed by atoms with van der Waals surface area (Å²) in [5.74, 6) is -0.104. The lowest BCUT2D eigenvalue weighted by atomic mass is 10.1. The smallest absolute Gasteiger partial charge is 0.254 e. The summed E-state index contributed by atoms with van der Waals surface area (Å²) in [6.07, 6.45) is 0. The highest BCUT2D eigenvalue weighted by molar-refractivity contribution is 6.31. The summed E-state index contributed by atoms with van der Waals surface area (Å²) < 4.78 is 0. The molecule has 1 amide bonds. The maximum Gasteiger partial charge on any atom is 0.254 e. The van der Waals surface area contributed by atoms with Gasteiger partial charge in [-0.2, -0.15) is 5.10 Å². The molecule has 2 aromatic carbocycles. The van der Waals surface area contributed by atoms with E-state index in [1.807, 2.05) is 37.3 Å². The number of rotatable bonds is 6. The normalized spacial score (nSPS) is 16.2. The van der Waals surface area contributed by atoms with E-state index in [0.29, 0.717) is 11.6 Å². The second-order valence-corrected chi connectivity index (χ2v) is 7.73. The highest BCUT2D eigenvalue weighted by atomic mass is 35.5. The fourth-order valence-corrected chi connectivity index (χ4v) is 3.43. The predicted octanol–water partition coefficient (Wildman–Crippen LogP) is 3.65. The Kier molecular flexibility index (Phi) is 7.45. The summed E-state index contributed by atoms with van der Waals surface area (Å²) in [6.45, 7) is 6.55. The third-order valence-corrected chi connectivity index (χ3v) is 5.41. The van der Waals surface area contributed by atoms with Crippen molar-refractivity contribution in [3.63, 3.8) is 0 Å². The minimum absolute atomic E-state index is 0.104. The van der Waals surface area contributed by atoms with Gasteiger partial charge in [-0.05, 0) is 36.2 Å². The van der Waals surface area contributed by atoms with Crippen molar-refractivity contribution in [2.45, 2.75) is 13.5 Å². The number of carbonyl (C=O) groups excluding carboxylic acids is 1. The van der Waals surface area contributed by atoms with Crippen LogP contribution in [0.3, 0.4) is 0 Å². The fraction of sp³-hybridized carbons (Fsp3) is 0.333. The van der Waals surface area contributed by atoms with Crippen molar-refractivity contribution in [1.82, 2.24) is 15.2 Å². The van der Waals surface area contributed by atoms with Gasteiger partial charge in [-0.25, -0.2) is 5.43 Å². The molecule has 1 aliphatic rings. The molecule has 28 heavy (non-hydrogen) atoms. The fourth-order valence-electron chi connectivity index (χ4n) is 3.11. The van der Waals surface area contributed by atoms with Crippen LogP contribution in [0.25, 0.3) is 0 Å². The van der Waals surface area contributed by atoms with Crippen molar-refractivity contribution in [1.29, 1.82) is 0 Å². The quantitative estimate of drug-likeness (QED) is 0.575. The highest BCUT2D eigenvalue weighted by Crippen LogP contribution is 2.17. The van der Waals surface area contributed by atoms with E-state index < -0.39 is 0 Å². The first-order chi connectivity index (χ1) is 13.5. The minimum atomic E-state index is -0.104. The number of nitrogens with one attached hydrogen (secondary N) is 1. The maximum absolute atomic E-state index is 12.2. The number of piperazine rings is 1. The Hall–Kier alpha value is -1.92. The Morgan fingerprint density at radius 3 is 2.32 bits per heavy atom. The first kappa shape index (κ1) is 20.8. The van der Waals surface area contributed by atoms with Crippen LogP contribution in [0.4, 0.5) is 0 Å². The van der Waals surface area contributed by atoms with Gasteiger partial charge in [-0.15, -0.1) is 0 Å². The van der Waals surface area contributed by atoms with E-state index >= 15 is 0 Å². The predicted molar refractivity (Wildman–Crippen MR) is 115 cm³/mol. The standard InChI is InChI=1S/C21H24Cl2N4O/c1-16(17-6-8-19(22)9-7-17)24-25-21(28)15-27-12-10-26(11-13-27)14-18-4-2-3-5-20(18)23/h2-9H,10-15H2,1H3,(H,25,28). The van der Waals surface area contributed by atoms with Gasteiger partial charge in [0, 0.05) is 42.8 Å². The van der Waals surface area contributed by atoms with E-state index in [-0.39, 0.29) is 5.91 Å². The second kappa shape index (κ2) is 10.0. The summed E-state index contributed by atoms with van der Waals surface area (Å²) in [7, 11) is 0. The number of hydrazone groups is 1. The molecule has 0 radical (unpaired) electrons. The van der Waals surface area contributed by atoms with Gasteiger partial charge in [0.15, 0.2) is 0 Å². The molecule has 0 bridgehead atoms. The van der Waals surface area contributed by atoms with E-state index in [9.17, 15) is 4.79 Å². The molecular formula is C21H24Cl2N4O. The molecule has 5 nitrogen and oxygen atoms in total. The minimum Gasteiger partial charge on any atom is -0.296 e. The molecular weight excluding hydrogens is 395 g/mol. The molecule has 1 N–H and O–H groups in total. The van der Waals surface area contributed by atoms with Crippen LogP contribution < -0.4 is 5.43 Å². The molecule has 0 aromatic heterocycles. The number of carbonyl (C=O) groups is 1. The van der Waals surface area contributed by atoms with E-state index in [1.54, 1.807) is 12.1 Å². The Balaban J connectivity index is 1.43. The van der Waals surface area contributed by atoms with Crippen LogP contribution in [0.5, 0.6) is 0 Å². The van der Waals surface area contributed by atoms with Crippen LogP contribution in [-0.4, -0.2) is 54.1 Å². The summed E-state index contributed by atoms with van der Waals surface area (Å²) in [4.78, 5) is 16.7. The van der Waals surface area contributed by atoms with Crippen LogP contribution in [-0.2, 0) is 11.3 Å². The van der Waals surface area contributed by atoms with Crippen molar-refractivity contribution in [2.75, 3.05) is 32.7 Å². The molecule has 1 heterocycles. The van der Waals surface area contributed by atoms with Crippen molar-refractivity contribution in [2.24, 2.45) is 5.10 Å². The summed E-state index contributed by atoms with van der Waals surface area (Å²) in [5.41, 5.74) is 5.46. The van der Waals surface area contributed by atoms with E-state index in [1.165, 1.54) is 0 Å². The number of hydrogen-bond acceptors (Lipinski definition) is 4. The molecule has 7 heteroatoms.